The molecule has 2 aromatic heterocycles. The standard InChI is InChI=1S/C14H19N5O/c1-10-6-15-19(7-10)12-4-5-18(8-12)9-13-16-17-14(20-13)11-2-3-11/h6-7,11-12H,2-5,8-9H2,1H3. The summed E-state index contributed by atoms with van der Waals surface area (Å²) in [7, 11) is 0. The maximum Gasteiger partial charge on any atom is 0.230 e. The number of hydrogen-bond acceptors (Lipinski definition) is 5. The lowest BCUT2D eigenvalue weighted by molar-refractivity contribution is 0.274. The second-order valence-electron chi connectivity index (χ2n) is 5.98. The summed E-state index contributed by atoms with van der Waals surface area (Å²) in [6.45, 7) is 4.90. The van der Waals surface area contributed by atoms with Crippen LogP contribution in [-0.4, -0.2) is 38.0 Å². The Morgan fingerprint density at radius 2 is 2.20 bits per heavy atom. The van der Waals surface area contributed by atoms with Gasteiger partial charge in [-0.15, -0.1) is 10.2 Å². The van der Waals surface area contributed by atoms with E-state index in [4.69, 9.17) is 4.42 Å². The highest BCUT2D eigenvalue weighted by Gasteiger charge is 2.30. The molecule has 0 spiro atoms. The van der Waals surface area contributed by atoms with Crippen LogP contribution in [0.1, 0.15) is 48.6 Å². The molecule has 1 aliphatic carbocycles. The van der Waals surface area contributed by atoms with Crippen LogP contribution in [-0.2, 0) is 6.54 Å². The number of aromatic nitrogens is 4. The zero-order valence-electron chi connectivity index (χ0n) is 11.7. The topological polar surface area (TPSA) is 60.0 Å². The lowest BCUT2D eigenvalue weighted by Crippen LogP contribution is -2.21. The molecule has 2 aliphatic rings. The summed E-state index contributed by atoms with van der Waals surface area (Å²) in [6.07, 6.45) is 7.57. The van der Waals surface area contributed by atoms with Gasteiger partial charge in [-0.3, -0.25) is 9.58 Å². The summed E-state index contributed by atoms with van der Waals surface area (Å²) < 4.78 is 7.81. The summed E-state index contributed by atoms with van der Waals surface area (Å²) >= 11 is 0. The average Bonchev–Trinajstić information content (AvgIpc) is 2.86. The Kier molecular flexibility index (Phi) is 2.84. The van der Waals surface area contributed by atoms with Crippen molar-refractivity contribution in [1.29, 1.82) is 0 Å². The second kappa shape index (κ2) is 4.70. The van der Waals surface area contributed by atoms with Crippen molar-refractivity contribution >= 4 is 0 Å². The maximum absolute atomic E-state index is 5.73. The second-order valence-corrected chi connectivity index (χ2v) is 5.98. The molecule has 1 saturated carbocycles. The Morgan fingerprint density at radius 3 is 2.95 bits per heavy atom. The van der Waals surface area contributed by atoms with E-state index in [0.717, 1.165) is 37.8 Å². The minimum Gasteiger partial charge on any atom is -0.424 e. The summed E-state index contributed by atoms with van der Waals surface area (Å²) in [5.74, 6) is 2.12. The van der Waals surface area contributed by atoms with Gasteiger partial charge in [-0.2, -0.15) is 5.10 Å². The van der Waals surface area contributed by atoms with Crippen LogP contribution in [0, 0.1) is 6.92 Å². The Bertz CT molecular complexity index is 600. The molecular weight excluding hydrogens is 254 g/mol. The highest BCUT2D eigenvalue weighted by molar-refractivity contribution is 5.02. The lowest BCUT2D eigenvalue weighted by Gasteiger charge is -2.13. The SMILES string of the molecule is Cc1cnn(C2CCN(Cc3nnc(C4CC4)o3)C2)c1. The predicted octanol–water partition coefficient (Wildman–Crippen LogP) is 1.90. The lowest BCUT2D eigenvalue weighted by atomic mass is 10.3. The van der Waals surface area contributed by atoms with Gasteiger partial charge < -0.3 is 4.42 Å². The Labute approximate surface area is 117 Å². The van der Waals surface area contributed by atoms with Crippen molar-refractivity contribution in [2.24, 2.45) is 0 Å². The molecule has 0 amide bonds. The van der Waals surface area contributed by atoms with E-state index in [9.17, 15) is 0 Å². The van der Waals surface area contributed by atoms with Gasteiger partial charge in [0.2, 0.25) is 11.8 Å². The number of hydrogen-bond donors (Lipinski definition) is 0. The van der Waals surface area contributed by atoms with Crippen molar-refractivity contribution in [3.63, 3.8) is 0 Å². The third-order valence-electron chi connectivity index (χ3n) is 4.12. The van der Waals surface area contributed by atoms with Gasteiger partial charge in [0.1, 0.15) is 0 Å². The van der Waals surface area contributed by atoms with Crippen LogP contribution >= 0.6 is 0 Å². The molecule has 0 N–H and O–H groups in total. The molecule has 6 heteroatoms. The van der Waals surface area contributed by atoms with E-state index in [-0.39, 0.29) is 0 Å². The number of aryl methyl sites for hydroxylation is 1. The van der Waals surface area contributed by atoms with Crippen molar-refractivity contribution in [2.75, 3.05) is 13.1 Å². The zero-order valence-corrected chi connectivity index (χ0v) is 11.7. The molecule has 0 radical (unpaired) electrons. The van der Waals surface area contributed by atoms with E-state index in [1.807, 2.05) is 6.20 Å². The highest BCUT2D eigenvalue weighted by atomic mass is 16.4. The molecule has 6 nitrogen and oxygen atoms in total. The molecule has 1 saturated heterocycles. The highest BCUT2D eigenvalue weighted by Crippen LogP contribution is 2.39. The van der Waals surface area contributed by atoms with E-state index >= 15 is 0 Å². The van der Waals surface area contributed by atoms with Crippen LogP contribution in [0.5, 0.6) is 0 Å². The van der Waals surface area contributed by atoms with Crippen molar-refractivity contribution in [2.45, 2.75) is 44.7 Å². The third-order valence-corrected chi connectivity index (χ3v) is 4.12. The van der Waals surface area contributed by atoms with Crippen LogP contribution in [0.2, 0.25) is 0 Å². The first-order chi connectivity index (χ1) is 9.78. The van der Waals surface area contributed by atoms with Crippen LogP contribution < -0.4 is 0 Å². The first-order valence-electron chi connectivity index (χ1n) is 7.33. The van der Waals surface area contributed by atoms with Crippen LogP contribution in [0.15, 0.2) is 16.8 Å². The molecule has 20 heavy (non-hydrogen) atoms. The Morgan fingerprint density at radius 1 is 1.30 bits per heavy atom. The smallest absolute Gasteiger partial charge is 0.230 e. The van der Waals surface area contributed by atoms with Gasteiger partial charge in [0, 0.05) is 25.2 Å². The van der Waals surface area contributed by atoms with E-state index in [1.54, 1.807) is 0 Å². The van der Waals surface area contributed by atoms with Gasteiger partial charge in [0.05, 0.1) is 18.8 Å². The largest absolute Gasteiger partial charge is 0.424 e. The van der Waals surface area contributed by atoms with Crippen molar-refractivity contribution in [3.05, 3.63) is 29.7 Å². The predicted molar refractivity (Wildman–Crippen MR) is 72.2 cm³/mol. The average molecular weight is 273 g/mol. The monoisotopic (exact) mass is 273 g/mol. The first-order valence-corrected chi connectivity index (χ1v) is 7.33. The molecule has 1 aliphatic heterocycles. The fourth-order valence-electron chi connectivity index (χ4n) is 2.82. The molecule has 4 rings (SSSR count). The van der Waals surface area contributed by atoms with Gasteiger partial charge in [0.15, 0.2) is 0 Å². The fourth-order valence-corrected chi connectivity index (χ4v) is 2.82. The molecule has 2 fully saturated rings. The Hall–Kier alpha value is -1.69. The minimum absolute atomic E-state index is 0.467. The fraction of sp³-hybridized carbons (Fsp3) is 0.643. The first kappa shape index (κ1) is 12.1. The van der Waals surface area contributed by atoms with E-state index in [1.165, 1.54) is 18.4 Å². The molecule has 0 bridgehead atoms. The van der Waals surface area contributed by atoms with Gasteiger partial charge in [0.25, 0.3) is 0 Å². The number of rotatable bonds is 4. The van der Waals surface area contributed by atoms with Gasteiger partial charge >= 0.3 is 0 Å². The summed E-state index contributed by atoms with van der Waals surface area (Å²) in [5.41, 5.74) is 1.22. The molecule has 3 heterocycles. The molecule has 106 valence electrons. The molecular formula is C14H19N5O. The van der Waals surface area contributed by atoms with E-state index in [2.05, 4.69) is 38.0 Å². The van der Waals surface area contributed by atoms with Crippen molar-refractivity contribution < 1.29 is 4.42 Å². The minimum atomic E-state index is 0.467. The van der Waals surface area contributed by atoms with Crippen LogP contribution in [0.4, 0.5) is 0 Å². The van der Waals surface area contributed by atoms with E-state index < -0.39 is 0 Å². The summed E-state index contributed by atoms with van der Waals surface area (Å²) in [5, 5.41) is 12.7. The van der Waals surface area contributed by atoms with Gasteiger partial charge in [-0.25, -0.2) is 0 Å². The van der Waals surface area contributed by atoms with Crippen LogP contribution in [0.25, 0.3) is 0 Å². The van der Waals surface area contributed by atoms with Crippen molar-refractivity contribution in [1.82, 2.24) is 24.9 Å². The normalized spacial score (nSPS) is 23.6. The number of likely N-dealkylation sites (tertiary alicyclic amines) is 1. The molecule has 2 aromatic rings. The quantitative estimate of drug-likeness (QED) is 0.851. The van der Waals surface area contributed by atoms with Gasteiger partial charge in [-0.1, -0.05) is 0 Å². The van der Waals surface area contributed by atoms with Gasteiger partial charge in [-0.05, 0) is 31.7 Å². The molecule has 0 aromatic carbocycles. The molecule has 1 unspecified atom stereocenters. The van der Waals surface area contributed by atoms with Crippen LogP contribution in [0.3, 0.4) is 0 Å². The summed E-state index contributed by atoms with van der Waals surface area (Å²) in [6, 6.07) is 0.467. The number of nitrogens with zero attached hydrogens (tertiary/aromatic N) is 5. The van der Waals surface area contributed by atoms with Crippen molar-refractivity contribution in [3.8, 4) is 0 Å². The van der Waals surface area contributed by atoms with E-state index in [0.29, 0.717) is 12.0 Å². The summed E-state index contributed by atoms with van der Waals surface area (Å²) in [4.78, 5) is 2.37. The Balaban J connectivity index is 1.38. The zero-order chi connectivity index (χ0) is 13.5. The third kappa shape index (κ3) is 2.35. The molecule has 1 atom stereocenters. The maximum atomic E-state index is 5.73.